The van der Waals surface area contributed by atoms with Crippen LogP contribution in [-0.4, -0.2) is 57.9 Å². The number of methoxy groups -OCH3 is 1. The van der Waals surface area contributed by atoms with Gasteiger partial charge in [-0.05, 0) is 37.6 Å². The first kappa shape index (κ1) is 28.7. The fraction of sp³-hybridized carbons (Fsp3) is 0.348. The zero-order chi connectivity index (χ0) is 27.4. The van der Waals surface area contributed by atoms with Gasteiger partial charge in [-0.1, -0.05) is 18.5 Å². The first-order chi connectivity index (χ1) is 17.5. The molecule has 0 aliphatic carbocycles. The second kappa shape index (κ2) is 11.7. The van der Waals surface area contributed by atoms with E-state index in [1.54, 1.807) is 0 Å². The molecule has 0 fully saturated rings. The number of aromatic nitrogens is 2. The van der Waals surface area contributed by atoms with Gasteiger partial charge in [-0.3, -0.25) is 9.36 Å². The van der Waals surface area contributed by atoms with Crippen LogP contribution in [0.15, 0.2) is 36.7 Å². The zero-order valence-corrected chi connectivity index (χ0v) is 21.9. The first-order valence-corrected chi connectivity index (χ1v) is 13.1. The summed E-state index contributed by atoms with van der Waals surface area (Å²) >= 11 is 5.88. The van der Waals surface area contributed by atoms with Gasteiger partial charge in [0.2, 0.25) is 0 Å². The number of fused-ring (bicyclic) bond motifs is 1. The van der Waals surface area contributed by atoms with Crippen molar-refractivity contribution in [3.63, 3.8) is 0 Å². The Morgan fingerprint density at radius 1 is 1.22 bits per heavy atom. The molecule has 200 valence electrons. The molecular weight excluding hydrogens is 533 g/mol. The molecule has 0 bridgehead atoms. The summed E-state index contributed by atoms with van der Waals surface area (Å²) in [6, 6.07) is 6.91. The number of amides is 1. The Labute approximate surface area is 216 Å². The normalized spacial score (nSPS) is 13.3. The average molecular weight is 559 g/mol. The number of anilines is 3. The van der Waals surface area contributed by atoms with Gasteiger partial charge in [-0.15, -0.1) is 0 Å². The second-order valence-electron chi connectivity index (χ2n) is 7.86. The summed E-state index contributed by atoms with van der Waals surface area (Å²) in [6.45, 7) is 2.82. The smallest absolute Gasteiger partial charge is 0.372 e. The molecule has 1 aromatic heterocycles. The molecule has 0 spiro atoms. The van der Waals surface area contributed by atoms with Crippen LogP contribution >= 0.6 is 19.2 Å². The molecular formula is C23H26ClF2N4O6P. The third kappa shape index (κ3) is 6.00. The van der Waals surface area contributed by atoms with Crippen molar-refractivity contribution >= 4 is 53.2 Å². The quantitative estimate of drug-likeness (QED) is 0.224. The Morgan fingerprint density at radius 2 is 1.95 bits per heavy atom. The number of hydrogen-bond acceptors (Lipinski definition) is 7. The second-order valence-corrected chi connectivity index (χ2v) is 10.1. The predicted molar refractivity (Wildman–Crippen MR) is 136 cm³/mol. The van der Waals surface area contributed by atoms with Crippen molar-refractivity contribution in [3.8, 4) is 5.75 Å². The number of ether oxygens (including phenoxy) is 2. The zero-order valence-electron chi connectivity index (χ0n) is 20.2. The van der Waals surface area contributed by atoms with Crippen molar-refractivity contribution in [2.24, 2.45) is 0 Å². The van der Waals surface area contributed by atoms with Gasteiger partial charge in [-0.25, -0.2) is 18.7 Å². The van der Waals surface area contributed by atoms with Crippen molar-refractivity contribution < 1.29 is 37.4 Å². The average Bonchev–Trinajstić information content (AvgIpc) is 2.86. The molecule has 0 radical (unpaired) electrons. The molecule has 2 aromatic carbocycles. The van der Waals surface area contributed by atoms with E-state index in [1.807, 2.05) is 0 Å². The van der Waals surface area contributed by atoms with Crippen LogP contribution in [0.3, 0.4) is 0 Å². The minimum absolute atomic E-state index is 0.0371. The number of alkyl halides is 1. The van der Waals surface area contributed by atoms with Gasteiger partial charge in [0.15, 0.2) is 0 Å². The van der Waals surface area contributed by atoms with Gasteiger partial charge >= 0.3 is 7.60 Å². The molecule has 3 N–H and O–H groups in total. The van der Waals surface area contributed by atoms with E-state index in [2.05, 4.69) is 15.3 Å². The van der Waals surface area contributed by atoms with Gasteiger partial charge in [0, 0.05) is 30.8 Å². The lowest BCUT2D eigenvalue weighted by atomic mass is 10.1. The molecule has 0 aliphatic heterocycles. The monoisotopic (exact) mass is 558 g/mol. The third-order valence-corrected chi connectivity index (χ3v) is 7.27. The van der Waals surface area contributed by atoms with E-state index in [0.29, 0.717) is 16.6 Å². The Balaban J connectivity index is 2.18. The summed E-state index contributed by atoms with van der Waals surface area (Å²) < 4.78 is 51.8. The number of carbonyl (C=O) groups is 1. The largest absolute Gasteiger partial charge is 0.489 e. The molecule has 0 aliphatic rings. The molecule has 14 heteroatoms. The Morgan fingerprint density at radius 3 is 2.54 bits per heavy atom. The number of nitrogens with zero attached hydrogens (tertiary/aromatic N) is 3. The number of nitrogens with one attached hydrogen (secondary N) is 1. The summed E-state index contributed by atoms with van der Waals surface area (Å²) in [5.74, 6) is -1.66. The van der Waals surface area contributed by atoms with Gasteiger partial charge in [0.25, 0.3) is 11.3 Å². The van der Waals surface area contributed by atoms with E-state index in [1.165, 1.54) is 57.6 Å². The fourth-order valence-corrected chi connectivity index (χ4v) is 4.52. The third-order valence-electron chi connectivity index (χ3n) is 5.55. The van der Waals surface area contributed by atoms with Crippen LogP contribution < -0.4 is 15.0 Å². The number of carbonyl (C=O) groups excluding carboxylic acids is 1. The number of benzene rings is 2. The molecule has 0 saturated carbocycles. The standard InChI is InChI=1S/C23H26ClF2N4O6P/c1-4-23(26,37(32,33)34)22(31)30(5-2)19-11-15-18(12-20(19)36-9-8-35-3)27-13-28-21(15)29-14-6-7-17(25)16(24)10-14/h6-7,10-13H,4-5,8-9H2,1-3H3,(H,27,28,29)(H2,32,33,34). The highest BCUT2D eigenvalue weighted by Crippen LogP contribution is 2.55. The SMILES string of the molecule is CCN(C(=O)C(F)(CC)P(=O)(O)O)c1cc2c(Nc3ccc(F)c(Cl)c3)ncnc2cc1OCCOC. The molecule has 3 rings (SSSR count). The minimum atomic E-state index is -5.48. The first-order valence-electron chi connectivity index (χ1n) is 11.2. The summed E-state index contributed by atoms with van der Waals surface area (Å²) in [5.41, 5.74) is 0.824. The van der Waals surface area contributed by atoms with E-state index in [-0.39, 0.29) is 42.0 Å². The van der Waals surface area contributed by atoms with Crippen LogP contribution in [0, 0.1) is 5.82 Å². The van der Waals surface area contributed by atoms with E-state index < -0.39 is 31.2 Å². The summed E-state index contributed by atoms with van der Waals surface area (Å²) in [5, 5.41) is -0.195. The van der Waals surface area contributed by atoms with Crippen molar-refractivity contribution in [1.82, 2.24) is 9.97 Å². The van der Waals surface area contributed by atoms with E-state index in [0.717, 1.165) is 4.90 Å². The van der Waals surface area contributed by atoms with E-state index >= 15 is 4.39 Å². The van der Waals surface area contributed by atoms with E-state index in [4.69, 9.17) is 21.1 Å². The van der Waals surface area contributed by atoms with Gasteiger partial charge in [0.1, 0.15) is 30.3 Å². The molecule has 1 heterocycles. The van der Waals surface area contributed by atoms with Gasteiger partial charge in [0.05, 0.1) is 22.8 Å². The van der Waals surface area contributed by atoms with Crippen molar-refractivity contribution in [1.29, 1.82) is 0 Å². The molecule has 10 nitrogen and oxygen atoms in total. The number of hydrogen-bond donors (Lipinski definition) is 3. The van der Waals surface area contributed by atoms with E-state index in [9.17, 15) is 23.5 Å². The fourth-order valence-electron chi connectivity index (χ4n) is 3.56. The Kier molecular flexibility index (Phi) is 9.04. The minimum Gasteiger partial charge on any atom is -0.489 e. The predicted octanol–water partition coefficient (Wildman–Crippen LogP) is 4.80. The summed E-state index contributed by atoms with van der Waals surface area (Å²) in [6.07, 6.45) is 0.524. The maximum absolute atomic E-state index is 15.4. The Hall–Kier alpha value is -2.89. The molecule has 1 amide bonds. The highest BCUT2D eigenvalue weighted by atomic mass is 35.5. The lowest BCUT2D eigenvalue weighted by Crippen LogP contribution is -2.46. The lowest BCUT2D eigenvalue weighted by Gasteiger charge is -2.31. The molecule has 1 atom stereocenters. The maximum atomic E-state index is 15.4. The Bertz CT molecular complexity index is 1340. The molecule has 37 heavy (non-hydrogen) atoms. The number of halogens is 3. The highest BCUT2D eigenvalue weighted by molar-refractivity contribution is 7.54. The molecule has 0 saturated heterocycles. The molecule has 1 unspecified atom stereocenters. The topological polar surface area (TPSA) is 134 Å². The lowest BCUT2D eigenvalue weighted by molar-refractivity contribution is -0.126. The van der Waals surface area contributed by atoms with Crippen LogP contribution in [0.1, 0.15) is 20.3 Å². The van der Waals surface area contributed by atoms with Crippen molar-refractivity contribution in [3.05, 3.63) is 47.5 Å². The number of rotatable bonds is 11. The molecule has 3 aromatic rings. The summed E-state index contributed by atoms with van der Waals surface area (Å²) in [7, 11) is -4.01. The van der Waals surface area contributed by atoms with Crippen LogP contribution in [0.25, 0.3) is 10.9 Å². The van der Waals surface area contributed by atoms with Gasteiger partial charge < -0.3 is 29.5 Å². The maximum Gasteiger partial charge on any atom is 0.372 e. The van der Waals surface area contributed by atoms with Crippen LogP contribution in [0.4, 0.5) is 26.0 Å². The van der Waals surface area contributed by atoms with Crippen molar-refractivity contribution in [2.75, 3.05) is 37.1 Å². The van der Waals surface area contributed by atoms with Crippen LogP contribution in [-0.2, 0) is 14.1 Å². The van der Waals surface area contributed by atoms with Crippen LogP contribution in [0.5, 0.6) is 5.75 Å². The van der Waals surface area contributed by atoms with Crippen molar-refractivity contribution in [2.45, 2.75) is 25.7 Å². The van der Waals surface area contributed by atoms with Gasteiger partial charge in [-0.2, -0.15) is 0 Å². The highest BCUT2D eigenvalue weighted by Gasteiger charge is 2.55. The van der Waals surface area contributed by atoms with Crippen LogP contribution in [0.2, 0.25) is 5.02 Å². The summed E-state index contributed by atoms with van der Waals surface area (Å²) in [4.78, 5) is 41.8.